The van der Waals surface area contributed by atoms with E-state index in [0.29, 0.717) is 6.42 Å². The standard InChI is InChI=1S/C37H38GeN2O4S/c1-37(2)33(40-34(42)32(35(40)45-37)39-31(41)26-27-16-7-3-8-17-27)36(43)44-25-15-24-38(28-18-9-4-10-19-28,29-20-11-5-12-21-29)30-22-13-6-14-23-30/h3-14,16-23,32-33,35H,15,24-26H2,1-2H3,(H,39,41)/t32-,33+,35-/m1/s1. The second-order valence-electron chi connectivity index (χ2n) is 12.2. The number of nitrogens with one attached hydrogen (secondary N) is 1. The molecule has 0 saturated carbocycles. The van der Waals surface area contributed by atoms with Crippen LogP contribution in [0.15, 0.2) is 121 Å². The first-order chi connectivity index (χ1) is 21.8. The molecule has 3 atom stereocenters. The Hall–Kier alpha value is -3.82. The van der Waals surface area contributed by atoms with Gasteiger partial charge in [0.05, 0.1) is 0 Å². The Bertz CT molecular complexity index is 1540. The van der Waals surface area contributed by atoms with Crippen LogP contribution in [-0.2, 0) is 25.5 Å². The van der Waals surface area contributed by atoms with Gasteiger partial charge in [-0.25, -0.2) is 0 Å². The van der Waals surface area contributed by atoms with Gasteiger partial charge < -0.3 is 0 Å². The van der Waals surface area contributed by atoms with Crippen molar-refractivity contribution in [2.45, 2.75) is 54.1 Å². The average Bonchev–Trinajstić information content (AvgIpc) is 3.33. The normalized spacial score (nSPS) is 20.2. The number of β-lactam (4-membered cyclic amide) rings is 1. The summed E-state index contributed by atoms with van der Waals surface area (Å²) in [7, 11) is 0. The zero-order valence-corrected chi connectivity index (χ0v) is 28.5. The third-order valence-electron chi connectivity index (χ3n) is 8.93. The molecule has 0 unspecified atom stereocenters. The van der Waals surface area contributed by atoms with E-state index in [1.807, 2.05) is 44.2 Å². The molecule has 230 valence electrons. The molecule has 4 aromatic rings. The summed E-state index contributed by atoms with van der Waals surface area (Å²) >= 11 is -1.59. The van der Waals surface area contributed by atoms with Crippen molar-refractivity contribution in [3.8, 4) is 0 Å². The molecular weight excluding hydrogens is 641 g/mol. The SMILES string of the molecule is CC1(C)S[C@@H]2[C@H](NC(=O)Cc3ccccc3)C(=O)N2[C@H]1C(=O)OCC[CH2][Ge]([c]1ccccc1)([c]1ccccc1)[c]1ccccc1. The molecule has 2 aliphatic rings. The number of amides is 2. The van der Waals surface area contributed by atoms with Gasteiger partial charge in [-0.1, -0.05) is 30.3 Å². The van der Waals surface area contributed by atoms with Crippen LogP contribution >= 0.6 is 11.8 Å². The van der Waals surface area contributed by atoms with Crippen LogP contribution in [0.3, 0.4) is 0 Å². The summed E-state index contributed by atoms with van der Waals surface area (Å²) in [5.41, 5.74) is 0.888. The molecule has 6 nitrogen and oxygen atoms in total. The van der Waals surface area contributed by atoms with Gasteiger partial charge in [-0.15, -0.1) is 0 Å². The number of hydrogen-bond donors (Lipinski definition) is 1. The van der Waals surface area contributed by atoms with Gasteiger partial charge in [0.2, 0.25) is 0 Å². The van der Waals surface area contributed by atoms with Crippen LogP contribution < -0.4 is 18.5 Å². The van der Waals surface area contributed by atoms with Gasteiger partial charge >= 0.3 is 237 Å². The summed E-state index contributed by atoms with van der Waals surface area (Å²) in [5.74, 6) is -0.810. The predicted octanol–water partition coefficient (Wildman–Crippen LogP) is 3.88. The molecule has 4 aromatic carbocycles. The minimum atomic E-state index is -3.14. The number of nitrogens with zero attached hydrogens (tertiary/aromatic N) is 1. The van der Waals surface area contributed by atoms with Gasteiger partial charge in [-0.05, 0) is 5.56 Å². The van der Waals surface area contributed by atoms with Crippen LogP contribution in [0.4, 0.5) is 0 Å². The third-order valence-corrected chi connectivity index (χ3v) is 21.1. The summed E-state index contributed by atoms with van der Waals surface area (Å²) in [4.78, 5) is 41.2. The van der Waals surface area contributed by atoms with Crippen molar-refractivity contribution < 1.29 is 19.1 Å². The Labute approximate surface area is 271 Å². The van der Waals surface area contributed by atoms with Crippen molar-refractivity contribution >= 4 is 56.0 Å². The number of carbonyl (C=O) groups is 3. The van der Waals surface area contributed by atoms with Crippen molar-refractivity contribution in [2.24, 2.45) is 0 Å². The number of hydrogen-bond acceptors (Lipinski definition) is 5. The number of benzene rings is 4. The van der Waals surface area contributed by atoms with Crippen LogP contribution in [-0.4, -0.2) is 64.8 Å². The Morgan fingerprint density at radius 2 is 1.29 bits per heavy atom. The van der Waals surface area contributed by atoms with Crippen molar-refractivity contribution in [3.05, 3.63) is 127 Å². The van der Waals surface area contributed by atoms with Gasteiger partial charge in [0.1, 0.15) is 0 Å². The second kappa shape index (κ2) is 13.3. The van der Waals surface area contributed by atoms with Crippen molar-refractivity contribution in [1.82, 2.24) is 10.2 Å². The number of ether oxygens (including phenoxy) is 1. The van der Waals surface area contributed by atoms with Crippen LogP contribution in [0.2, 0.25) is 5.25 Å². The van der Waals surface area contributed by atoms with Crippen LogP contribution in [0.25, 0.3) is 0 Å². The third kappa shape index (κ3) is 6.20. The molecule has 2 fully saturated rings. The fourth-order valence-corrected chi connectivity index (χ4v) is 18.6. The van der Waals surface area contributed by atoms with Crippen molar-refractivity contribution in [3.63, 3.8) is 0 Å². The quantitative estimate of drug-likeness (QED) is 0.113. The Kier molecular flexibility index (Phi) is 9.19. The fraction of sp³-hybridized carbons (Fsp3) is 0.270. The first-order valence-electron chi connectivity index (χ1n) is 15.5. The van der Waals surface area contributed by atoms with Crippen molar-refractivity contribution in [1.29, 1.82) is 0 Å². The van der Waals surface area contributed by atoms with Crippen LogP contribution in [0.1, 0.15) is 25.8 Å². The summed E-state index contributed by atoms with van der Waals surface area (Å²) < 4.78 is 9.51. The topological polar surface area (TPSA) is 75.7 Å². The number of fused-ring (bicyclic) bond motifs is 1. The summed E-state index contributed by atoms with van der Waals surface area (Å²) in [6.07, 6.45) is 0.915. The van der Waals surface area contributed by atoms with E-state index in [2.05, 4.69) is 96.3 Å². The molecule has 1 N–H and O–H groups in total. The first-order valence-corrected chi connectivity index (χ1v) is 21.0. The van der Waals surface area contributed by atoms with Gasteiger partial charge in [0.25, 0.3) is 0 Å². The molecule has 45 heavy (non-hydrogen) atoms. The van der Waals surface area contributed by atoms with E-state index in [1.165, 1.54) is 13.2 Å². The van der Waals surface area contributed by atoms with E-state index in [1.54, 1.807) is 16.7 Å². The number of rotatable bonds is 11. The Morgan fingerprint density at radius 1 is 0.800 bits per heavy atom. The summed E-state index contributed by atoms with van der Waals surface area (Å²) in [5, 5.41) is 3.52. The minimum absolute atomic E-state index is 0.201. The molecule has 2 heterocycles. The van der Waals surface area contributed by atoms with E-state index in [-0.39, 0.29) is 36.2 Å². The maximum absolute atomic E-state index is 13.6. The van der Waals surface area contributed by atoms with Gasteiger partial charge in [-0.3, -0.25) is 0 Å². The van der Waals surface area contributed by atoms with E-state index in [4.69, 9.17) is 4.74 Å². The van der Waals surface area contributed by atoms with E-state index < -0.39 is 30.1 Å². The number of thioether (sulfide) groups is 1. The first kappa shape index (κ1) is 31.2. The van der Waals surface area contributed by atoms with Crippen LogP contribution in [0, 0.1) is 0 Å². The Balaban J connectivity index is 1.13. The van der Waals surface area contributed by atoms with E-state index in [0.717, 1.165) is 10.8 Å². The molecule has 2 saturated heterocycles. The molecule has 8 heteroatoms. The molecule has 0 radical (unpaired) electrons. The molecule has 2 amide bonds. The zero-order chi connectivity index (χ0) is 31.4. The van der Waals surface area contributed by atoms with Crippen LogP contribution in [0.5, 0.6) is 0 Å². The van der Waals surface area contributed by atoms with Gasteiger partial charge in [0.15, 0.2) is 0 Å². The fourth-order valence-electron chi connectivity index (χ4n) is 6.82. The summed E-state index contributed by atoms with van der Waals surface area (Å²) in [6.45, 7) is 4.22. The number of esters is 1. The molecule has 0 spiro atoms. The molecule has 0 aromatic heterocycles. The monoisotopic (exact) mass is 680 g/mol. The van der Waals surface area contributed by atoms with E-state index in [9.17, 15) is 14.4 Å². The summed E-state index contributed by atoms with van der Waals surface area (Å²) in [6, 6.07) is 40.4. The zero-order valence-electron chi connectivity index (χ0n) is 25.6. The molecule has 0 bridgehead atoms. The van der Waals surface area contributed by atoms with Gasteiger partial charge in [-0.2, -0.15) is 0 Å². The second-order valence-corrected chi connectivity index (χ2v) is 22.5. The number of carbonyl (C=O) groups excluding carboxylic acids is 3. The average molecular weight is 679 g/mol. The molecular formula is C37H38GeN2O4S. The molecule has 2 aliphatic heterocycles. The van der Waals surface area contributed by atoms with E-state index >= 15 is 0 Å². The Morgan fingerprint density at radius 3 is 1.80 bits per heavy atom. The predicted molar refractivity (Wildman–Crippen MR) is 183 cm³/mol. The maximum atomic E-state index is 13.6. The van der Waals surface area contributed by atoms with Gasteiger partial charge in [0, 0.05) is 0 Å². The van der Waals surface area contributed by atoms with Crippen molar-refractivity contribution in [2.75, 3.05) is 6.61 Å². The molecule has 0 aliphatic carbocycles. The molecule has 6 rings (SSSR count).